The van der Waals surface area contributed by atoms with E-state index in [9.17, 15) is 18.0 Å². The topological polar surface area (TPSA) is 75.4 Å². The summed E-state index contributed by atoms with van der Waals surface area (Å²) in [5.41, 5.74) is 9.42. The molecule has 0 aliphatic carbocycles. The van der Waals surface area contributed by atoms with Gasteiger partial charge in [0.15, 0.2) is 0 Å². The lowest BCUT2D eigenvalue weighted by atomic mass is 10.1. The summed E-state index contributed by atoms with van der Waals surface area (Å²) in [7, 11) is 0. The lowest BCUT2D eigenvalue weighted by molar-refractivity contribution is -0.137. The van der Waals surface area contributed by atoms with Gasteiger partial charge in [0.25, 0.3) is 5.91 Å². The van der Waals surface area contributed by atoms with Crippen molar-refractivity contribution < 1.29 is 18.0 Å². The normalized spacial score (nSPS) is 14.8. The van der Waals surface area contributed by atoms with E-state index in [1.165, 1.54) is 12.1 Å². The maximum atomic E-state index is 13.0. The summed E-state index contributed by atoms with van der Waals surface area (Å²) in [5.74, 6) is -0.334. The molecule has 0 atom stereocenters. The molecule has 3 heterocycles. The third-order valence-corrected chi connectivity index (χ3v) is 5.76. The first-order valence-corrected chi connectivity index (χ1v) is 10.4. The lowest BCUT2D eigenvalue weighted by Gasteiger charge is -2.12. The van der Waals surface area contributed by atoms with E-state index in [2.05, 4.69) is 21.3 Å². The molecule has 10 heteroatoms. The van der Waals surface area contributed by atoms with Crippen LogP contribution in [0.15, 0.2) is 60.9 Å². The number of hydrogen-bond acceptors (Lipinski definition) is 4. The summed E-state index contributed by atoms with van der Waals surface area (Å²) >= 11 is 0. The number of nitrogens with one attached hydrogen (secondary N) is 3. The Bertz CT molecular complexity index is 1330. The van der Waals surface area contributed by atoms with E-state index in [0.29, 0.717) is 5.69 Å². The largest absolute Gasteiger partial charge is 0.416 e. The number of aryl methyl sites for hydroxylation is 1. The van der Waals surface area contributed by atoms with E-state index in [0.717, 1.165) is 47.8 Å². The average molecular weight is 454 g/mol. The minimum atomic E-state index is -4.51. The molecule has 1 amide bonds. The van der Waals surface area contributed by atoms with Crippen molar-refractivity contribution in [3.63, 3.8) is 0 Å². The molecule has 1 aliphatic heterocycles. The number of amides is 1. The Hall–Kier alpha value is -3.63. The van der Waals surface area contributed by atoms with Gasteiger partial charge in [0.1, 0.15) is 5.65 Å². The van der Waals surface area contributed by atoms with Crippen molar-refractivity contribution in [2.24, 2.45) is 0 Å². The van der Waals surface area contributed by atoms with Gasteiger partial charge in [0.2, 0.25) is 0 Å². The second-order valence-electron chi connectivity index (χ2n) is 8.03. The van der Waals surface area contributed by atoms with Crippen molar-refractivity contribution in [2.45, 2.75) is 19.0 Å². The number of hydrogen-bond donors (Lipinski definition) is 3. The first kappa shape index (κ1) is 21.2. The van der Waals surface area contributed by atoms with Gasteiger partial charge in [-0.15, -0.1) is 0 Å². The van der Waals surface area contributed by atoms with Crippen molar-refractivity contribution in [3.8, 4) is 5.69 Å². The zero-order chi connectivity index (χ0) is 23.2. The van der Waals surface area contributed by atoms with E-state index in [1.807, 2.05) is 36.0 Å². The first-order valence-electron chi connectivity index (χ1n) is 10.4. The van der Waals surface area contributed by atoms with Crippen LogP contribution in [0.1, 0.15) is 33.1 Å². The quantitative estimate of drug-likeness (QED) is 0.437. The second-order valence-corrected chi connectivity index (χ2v) is 8.03. The molecule has 1 aliphatic rings. The molecule has 0 unspecified atom stereocenters. The van der Waals surface area contributed by atoms with Crippen molar-refractivity contribution >= 4 is 17.2 Å². The Balaban J connectivity index is 1.44. The van der Waals surface area contributed by atoms with Crippen molar-refractivity contribution in [3.05, 3.63) is 83.3 Å². The minimum Gasteiger partial charge on any atom is -0.322 e. The molecule has 7 nitrogen and oxygen atoms in total. The predicted molar refractivity (Wildman–Crippen MR) is 117 cm³/mol. The lowest BCUT2D eigenvalue weighted by Crippen LogP contribution is -2.21. The highest BCUT2D eigenvalue weighted by molar-refractivity contribution is 6.04. The highest BCUT2D eigenvalue weighted by Crippen LogP contribution is 2.30. The fourth-order valence-electron chi connectivity index (χ4n) is 3.96. The molecule has 1 saturated heterocycles. The summed E-state index contributed by atoms with van der Waals surface area (Å²) in [4.78, 5) is 12.6. The molecule has 0 saturated carbocycles. The van der Waals surface area contributed by atoms with Crippen LogP contribution < -0.4 is 16.2 Å². The van der Waals surface area contributed by atoms with Crippen LogP contribution in [0.3, 0.4) is 0 Å². The SMILES string of the molecule is Cc1ccc(NC(=O)c2cccc(C(F)(F)F)c2)cc1-n1ccn2nc(C3CNNC3)cc12. The maximum absolute atomic E-state index is 13.0. The Morgan fingerprint density at radius 3 is 2.64 bits per heavy atom. The second kappa shape index (κ2) is 8.05. The Labute approximate surface area is 187 Å². The Morgan fingerprint density at radius 2 is 1.88 bits per heavy atom. The molecule has 0 spiro atoms. The average Bonchev–Trinajstić information content (AvgIpc) is 3.52. The van der Waals surface area contributed by atoms with Gasteiger partial charge in [-0.05, 0) is 42.8 Å². The monoisotopic (exact) mass is 454 g/mol. The van der Waals surface area contributed by atoms with Crippen LogP contribution in [0.4, 0.5) is 18.9 Å². The zero-order valence-corrected chi connectivity index (χ0v) is 17.6. The Morgan fingerprint density at radius 1 is 1.09 bits per heavy atom. The molecule has 170 valence electrons. The van der Waals surface area contributed by atoms with Crippen LogP contribution in [0.5, 0.6) is 0 Å². The number of benzene rings is 2. The number of anilines is 1. The van der Waals surface area contributed by atoms with Crippen LogP contribution >= 0.6 is 0 Å². The van der Waals surface area contributed by atoms with Crippen molar-refractivity contribution in [2.75, 3.05) is 18.4 Å². The Kier molecular flexibility index (Phi) is 5.18. The minimum absolute atomic E-state index is 0.0606. The highest BCUT2D eigenvalue weighted by atomic mass is 19.4. The first-order chi connectivity index (χ1) is 15.8. The zero-order valence-electron chi connectivity index (χ0n) is 17.6. The number of halogens is 3. The van der Waals surface area contributed by atoms with Crippen LogP contribution in [-0.4, -0.2) is 33.2 Å². The van der Waals surface area contributed by atoms with Crippen molar-refractivity contribution in [1.29, 1.82) is 0 Å². The van der Waals surface area contributed by atoms with Gasteiger partial charge in [-0.2, -0.15) is 18.3 Å². The van der Waals surface area contributed by atoms with Gasteiger partial charge < -0.3 is 5.32 Å². The molecular weight excluding hydrogens is 433 g/mol. The predicted octanol–water partition coefficient (Wildman–Crippen LogP) is 3.90. The maximum Gasteiger partial charge on any atom is 0.416 e. The third kappa shape index (κ3) is 4.10. The molecule has 0 bridgehead atoms. The number of nitrogens with zero attached hydrogens (tertiary/aromatic N) is 3. The number of alkyl halides is 3. The molecule has 33 heavy (non-hydrogen) atoms. The summed E-state index contributed by atoms with van der Waals surface area (Å²) in [6.07, 6.45) is -0.762. The summed E-state index contributed by atoms with van der Waals surface area (Å²) in [6.45, 7) is 3.55. The number of imidazole rings is 1. The summed E-state index contributed by atoms with van der Waals surface area (Å²) < 4.78 is 42.8. The smallest absolute Gasteiger partial charge is 0.322 e. The number of carbonyl (C=O) groups is 1. The summed E-state index contributed by atoms with van der Waals surface area (Å²) in [5, 5.41) is 7.37. The number of hydrazine groups is 1. The van der Waals surface area contributed by atoms with Crippen LogP contribution in [0.25, 0.3) is 11.3 Å². The van der Waals surface area contributed by atoms with E-state index >= 15 is 0 Å². The van der Waals surface area contributed by atoms with Gasteiger partial charge in [-0.25, -0.2) is 4.52 Å². The number of carbonyl (C=O) groups excluding carboxylic acids is 1. The molecule has 5 rings (SSSR count). The third-order valence-electron chi connectivity index (χ3n) is 5.76. The molecule has 2 aromatic heterocycles. The number of aromatic nitrogens is 3. The fourth-order valence-corrected chi connectivity index (χ4v) is 3.96. The molecular formula is C23H21F3N6O. The van der Waals surface area contributed by atoms with E-state index in [4.69, 9.17) is 0 Å². The van der Waals surface area contributed by atoms with Gasteiger partial charge in [0, 0.05) is 48.7 Å². The number of rotatable bonds is 4. The fraction of sp³-hybridized carbons (Fsp3) is 0.217. The van der Waals surface area contributed by atoms with Gasteiger partial charge >= 0.3 is 6.18 Å². The number of fused-ring (bicyclic) bond motifs is 1. The molecule has 4 aromatic rings. The van der Waals surface area contributed by atoms with Gasteiger partial charge in [-0.1, -0.05) is 12.1 Å². The van der Waals surface area contributed by atoms with Crippen LogP contribution in [0.2, 0.25) is 0 Å². The van der Waals surface area contributed by atoms with Crippen molar-refractivity contribution in [1.82, 2.24) is 25.0 Å². The van der Waals surface area contributed by atoms with Gasteiger partial charge in [0.05, 0.1) is 16.9 Å². The van der Waals surface area contributed by atoms with Crippen LogP contribution in [-0.2, 0) is 6.18 Å². The molecule has 1 fully saturated rings. The van der Waals surface area contributed by atoms with E-state index in [1.54, 1.807) is 16.6 Å². The summed E-state index contributed by atoms with van der Waals surface area (Å²) in [6, 6.07) is 11.8. The highest BCUT2D eigenvalue weighted by Gasteiger charge is 2.31. The molecule has 0 radical (unpaired) electrons. The molecule has 2 aromatic carbocycles. The molecule has 3 N–H and O–H groups in total. The van der Waals surface area contributed by atoms with E-state index < -0.39 is 17.6 Å². The van der Waals surface area contributed by atoms with Crippen LogP contribution in [0, 0.1) is 6.92 Å². The van der Waals surface area contributed by atoms with E-state index in [-0.39, 0.29) is 11.5 Å². The standard InChI is InChI=1S/C23H21F3N6O/c1-14-5-6-18(29-22(33)15-3-2-4-17(9-15)23(24,25)26)10-20(14)31-7-8-32-21(31)11-19(30-32)16-12-27-28-13-16/h2-11,16,27-28H,12-13H2,1H3,(H,29,33). The van der Waals surface area contributed by atoms with Gasteiger partial charge in [-0.3, -0.25) is 20.2 Å².